The summed E-state index contributed by atoms with van der Waals surface area (Å²) >= 11 is 0. The largest absolute Gasteiger partial charge is 0.409 e. The summed E-state index contributed by atoms with van der Waals surface area (Å²) in [4.78, 5) is 0. The molecular formula is C7H15N3O. The van der Waals surface area contributed by atoms with Gasteiger partial charge in [0.1, 0.15) is 5.84 Å². The van der Waals surface area contributed by atoms with E-state index in [1.54, 1.807) is 0 Å². The van der Waals surface area contributed by atoms with Crippen molar-refractivity contribution >= 4 is 5.84 Å². The number of amidine groups is 1. The Morgan fingerprint density at radius 2 is 2.09 bits per heavy atom. The Labute approximate surface area is 66.5 Å². The Morgan fingerprint density at radius 1 is 1.55 bits per heavy atom. The first kappa shape index (κ1) is 8.33. The summed E-state index contributed by atoms with van der Waals surface area (Å²) in [5.41, 5.74) is 5.46. The molecule has 0 bridgehead atoms. The van der Waals surface area contributed by atoms with Crippen LogP contribution in [0.2, 0.25) is 0 Å². The van der Waals surface area contributed by atoms with Crippen LogP contribution < -0.4 is 11.1 Å². The third kappa shape index (κ3) is 1.63. The van der Waals surface area contributed by atoms with E-state index in [-0.39, 0.29) is 5.41 Å². The van der Waals surface area contributed by atoms with Crippen molar-refractivity contribution in [1.82, 2.24) is 5.32 Å². The summed E-state index contributed by atoms with van der Waals surface area (Å²) in [7, 11) is 0. The summed E-state index contributed by atoms with van der Waals surface area (Å²) in [6, 6.07) is 0. The topological polar surface area (TPSA) is 70.6 Å². The Morgan fingerprint density at radius 3 is 2.55 bits per heavy atom. The van der Waals surface area contributed by atoms with E-state index in [1.165, 1.54) is 0 Å². The van der Waals surface area contributed by atoms with Crippen molar-refractivity contribution < 1.29 is 5.21 Å². The lowest BCUT2D eigenvalue weighted by Crippen LogP contribution is -2.43. The smallest absolute Gasteiger partial charge is 0.145 e. The molecule has 0 radical (unpaired) electrons. The van der Waals surface area contributed by atoms with Crippen molar-refractivity contribution in [3.05, 3.63) is 0 Å². The van der Waals surface area contributed by atoms with Gasteiger partial charge in [0.15, 0.2) is 0 Å². The van der Waals surface area contributed by atoms with Crippen LogP contribution in [0.5, 0.6) is 0 Å². The zero-order valence-corrected chi connectivity index (χ0v) is 6.80. The minimum absolute atomic E-state index is 0.0972. The molecule has 0 spiro atoms. The van der Waals surface area contributed by atoms with Gasteiger partial charge in [0.05, 0.1) is 0 Å². The summed E-state index contributed by atoms with van der Waals surface area (Å²) in [5, 5.41) is 14.8. The monoisotopic (exact) mass is 157 g/mol. The normalized spacial score (nSPS) is 25.0. The second kappa shape index (κ2) is 3.09. The average molecular weight is 157 g/mol. The molecule has 64 valence electrons. The van der Waals surface area contributed by atoms with Crippen LogP contribution in [0.25, 0.3) is 0 Å². The Balaban J connectivity index is 2.64. The van der Waals surface area contributed by atoms with E-state index >= 15 is 0 Å². The van der Waals surface area contributed by atoms with Crippen LogP contribution in [-0.4, -0.2) is 24.1 Å². The van der Waals surface area contributed by atoms with Gasteiger partial charge in [-0.3, -0.25) is 0 Å². The number of hydrogen-bond acceptors (Lipinski definition) is 3. The van der Waals surface area contributed by atoms with Crippen LogP contribution in [0, 0.1) is 5.41 Å². The van der Waals surface area contributed by atoms with Crippen LogP contribution in [0.3, 0.4) is 0 Å². The molecule has 0 aromatic carbocycles. The van der Waals surface area contributed by atoms with E-state index < -0.39 is 0 Å². The quantitative estimate of drug-likeness (QED) is 0.219. The maximum Gasteiger partial charge on any atom is 0.145 e. The van der Waals surface area contributed by atoms with E-state index in [2.05, 4.69) is 10.5 Å². The molecule has 1 aliphatic heterocycles. The molecule has 1 rings (SSSR count). The molecule has 0 unspecified atom stereocenters. The fourth-order valence-electron chi connectivity index (χ4n) is 1.36. The molecule has 0 atom stereocenters. The van der Waals surface area contributed by atoms with Crippen molar-refractivity contribution in [1.29, 1.82) is 0 Å². The fourth-order valence-corrected chi connectivity index (χ4v) is 1.36. The molecule has 1 saturated heterocycles. The first-order valence-electron chi connectivity index (χ1n) is 3.88. The van der Waals surface area contributed by atoms with Crippen molar-refractivity contribution in [2.75, 3.05) is 13.1 Å². The van der Waals surface area contributed by atoms with E-state index in [9.17, 15) is 0 Å². The number of rotatable bonds is 1. The molecule has 0 saturated carbocycles. The Bertz CT molecular complexity index is 161. The molecule has 0 aromatic heterocycles. The summed E-state index contributed by atoms with van der Waals surface area (Å²) < 4.78 is 0. The molecule has 4 heteroatoms. The van der Waals surface area contributed by atoms with Gasteiger partial charge in [-0.25, -0.2) is 0 Å². The predicted octanol–water partition coefficient (Wildman–Crippen LogP) is 0.122. The van der Waals surface area contributed by atoms with Crippen LogP contribution in [0.15, 0.2) is 5.16 Å². The molecule has 11 heavy (non-hydrogen) atoms. The Kier molecular flexibility index (Phi) is 2.34. The van der Waals surface area contributed by atoms with Crippen molar-refractivity contribution in [2.45, 2.75) is 19.8 Å². The molecular weight excluding hydrogens is 142 g/mol. The molecule has 4 N–H and O–H groups in total. The lowest BCUT2D eigenvalue weighted by atomic mass is 9.80. The molecule has 4 nitrogen and oxygen atoms in total. The molecule has 0 amide bonds. The van der Waals surface area contributed by atoms with Gasteiger partial charge in [0.2, 0.25) is 0 Å². The Hall–Kier alpha value is -0.770. The third-order valence-corrected chi connectivity index (χ3v) is 2.43. The minimum atomic E-state index is -0.0972. The summed E-state index contributed by atoms with van der Waals surface area (Å²) in [6.45, 7) is 3.93. The highest BCUT2D eigenvalue weighted by atomic mass is 16.4. The number of nitrogens with zero attached hydrogens (tertiary/aromatic N) is 1. The van der Waals surface area contributed by atoms with Crippen molar-refractivity contribution in [2.24, 2.45) is 16.3 Å². The zero-order valence-electron chi connectivity index (χ0n) is 6.80. The SMILES string of the molecule is CC1(/C(N)=N/O)CCNCC1. The first-order chi connectivity index (χ1) is 5.19. The lowest BCUT2D eigenvalue weighted by Gasteiger charge is -2.32. The van der Waals surface area contributed by atoms with E-state index in [0.29, 0.717) is 5.84 Å². The van der Waals surface area contributed by atoms with Crippen LogP contribution in [0.1, 0.15) is 19.8 Å². The van der Waals surface area contributed by atoms with Crippen molar-refractivity contribution in [3.8, 4) is 0 Å². The van der Waals surface area contributed by atoms with Crippen LogP contribution >= 0.6 is 0 Å². The van der Waals surface area contributed by atoms with E-state index in [4.69, 9.17) is 10.9 Å². The van der Waals surface area contributed by atoms with Crippen LogP contribution in [-0.2, 0) is 0 Å². The third-order valence-electron chi connectivity index (χ3n) is 2.43. The maximum absolute atomic E-state index is 8.49. The van der Waals surface area contributed by atoms with Gasteiger partial charge < -0.3 is 16.3 Å². The van der Waals surface area contributed by atoms with Gasteiger partial charge >= 0.3 is 0 Å². The van der Waals surface area contributed by atoms with Gasteiger partial charge in [-0.1, -0.05) is 12.1 Å². The number of nitrogens with one attached hydrogen (secondary N) is 1. The first-order valence-corrected chi connectivity index (χ1v) is 3.88. The highest BCUT2D eigenvalue weighted by Crippen LogP contribution is 2.27. The molecule has 1 fully saturated rings. The van der Waals surface area contributed by atoms with Crippen LogP contribution in [0.4, 0.5) is 0 Å². The molecule has 0 aromatic rings. The number of piperidine rings is 1. The predicted molar refractivity (Wildman–Crippen MR) is 43.6 cm³/mol. The second-order valence-corrected chi connectivity index (χ2v) is 3.30. The summed E-state index contributed by atoms with van der Waals surface area (Å²) in [6.07, 6.45) is 1.89. The summed E-state index contributed by atoms with van der Waals surface area (Å²) in [5.74, 6) is 0.360. The highest BCUT2D eigenvalue weighted by molar-refractivity contribution is 5.85. The van der Waals surface area contributed by atoms with Gasteiger partial charge in [0, 0.05) is 5.41 Å². The zero-order chi connectivity index (χ0) is 8.32. The highest BCUT2D eigenvalue weighted by Gasteiger charge is 2.31. The molecule has 0 aliphatic carbocycles. The van der Waals surface area contributed by atoms with Gasteiger partial charge in [-0.15, -0.1) is 0 Å². The maximum atomic E-state index is 8.49. The average Bonchev–Trinajstić information content (AvgIpc) is 2.04. The lowest BCUT2D eigenvalue weighted by molar-refractivity contribution is 0.281. The van der Waals surface area contributed by atoms with E-state index in [1.807, 2.05) is 6.92 Å². The van der Waals surface area contributed by atoms with E-state index in [0.717, 1.165) is 25.9 Å². The number of hydrogen-bond donors (Lipinski definition) is 3. The van der Waals surface area contributed by atoms with Gasteiger partial charge in [0.25, 0.3) is 0 Å². The van der Waals surface area contributed by atoms with Gasteiger partial charge in [-0.2, -0.15) is 0 Å². The second-order valence-electron chi connectivity index (χ2n) is 3.30. The molecule has 1 heterocycles. The minimum Gasteiger partial charge on any atom is -0.409 e. The fraction of sp³-hybridized carbons (Fsp3) is 0.857. The number of nitrogens with two attached hydrogens (primary N) is 1. The van der Waals surface area contributed by atoms with Crippen molar-refractivity contribution in [3.63, 3.8) is 0 Å². The van der Waals surface area contributed by atoms with Gasteiger partial charge in [-0.05, 0) is 25.9 Å². The number of oxime groups is 1. The molecule has 1 aliphatic rings. The standard InChI is InChI=1S/C7H15N3O/c1-7(6(8)10-11)2-4-9-5-3-7/h9,11H,2-5H2,1H3,(H2,8,10).